The van der Waals surface area contributed by atoms with Gasteiger partial charge >= 0.3 is 0 Å². The van der Waals surface area contributed by atoms with Crippen molar-refractivity contribution in [1.29, 1.82) is 0 Å². The number of pyridine rings is 1. The number of hydrogen-bond donors (Lipinski definition) is 2. The molecular weight excluding hydrogens is 194 g/mol. The third kappa shape index (κ3) is 2.38. The molecule has 1 unspecified atom stereocenters. The zero-order valence-electron chi connectivity index (χ0n) is 8.65. The molecule has 1 rings (SSSR count). The van der Waals surface area contributed by atoms with Crippen LogP contribution in [0, 0.1) is 0 Å². The van der Waals surface area contributed by atoms with E-state index in [-0.39, 0.29) is 11.7 Å². The largest absolute Gasteiger partial charge is 0.328 e. The minimum absolute atomic E-state index is 0.342. The molecule has 0 fully saturated rings. The highest BCUT2D eigenvalue weighted by molar-refractivity contribution is 5.91. The lowest BCUT2D eigenvalue weighted by atomic mass is 9.98. The molecule has 0 aromatic carbocycles. The topological polar surface area (TPSA) is 85.1 Å². The minimum Gasteiger partial charge on any atom is -0.328 e. The summed E-state index contributed by atoms with van der Waals surface area (Å²) >= 11 is 0. The highest BCUT2D eigenvalue weighted by atomic mass is 16.2. The molecule has 1 atom stereocenters. The Bertz CT molecular complexity index is 378. The molecule has 0 aliphatic carbocycles. The predicted molar refractivity (Wildman–Crippen MR) is 54.6 cm³/mol. The number of amides is 1. The van der Waals surface area contributed by atoms with Gasteiger partial charge in [0.1, 0.15) is 0 Å². The van der Waals surface area contributed by atoms with Crippen molar-refractivity contribution >= 4 is 11.7 Å². The van der Waals surface area contributed by atoms with Crippen LogP contribution in [0.2, 0.25) is 0 Å². The van der Waals surface area contributed by atoms with E-state index in [0.29, 0.717) is 5.56 Å². The monoisotopic (exact) mass is 207 g/mol. The lowest BCUT2D eigenvalue weighted by molar-refractivity contribution is -0.130. The van der Waals surface area contributed by atoms with Crippen LogP contribution in [0.25, 0.3) is 0 Å². The fourth-order valence-corrected chi connectivity index (χ4v) is 1.24. The van der Waals surface area contributed by atoms with Gasteiger partial charge in [0.05, 0.1) is 0 Å². The maximum Gasteiger partial charge on any atom is 0.218 e. The van der Waals surface area contributed by atoms with Crippen LogP contribution in [-0.2, 0) is 15.3 Å². The molecule has 1 amide bonds. The van der Waals surface area contributed by atoms with Crippen molar-refractivity contribution in [3.05, 3.63) is 30.1 Å². The van der Waals surface area contributed by atoms with Crippen molar-refractivity contribution < 1.29 is 9.59 Å². The SMILES string of the molecule is CC(=O)NC(N)(C(C)=O)c1cccnc1. The Morgan fingerprint density at radius 3 is 2.53 bits per heavy atom. The lowest BCUT2D eigenvalue weighted by Gasteiger charge is -2.27. The number of nitrogens with two attached hydrogens (primary N) is 1. The molecule has 1 aromatic heterocycles. The summed E-state index contributed by atoms with van der Waals surface area (Å²) in [5, 5.41) is 2.42. The van der Waals surface area contributed by atoms with Gasteiger partial charge in [-0.2, -0.15) is 0 Å². The number of hydrogen-bond acceptors (Lipinski definition) is 4. The number of rotatable bonds is 3. The molecule has 0 aliphatic rings. The maximum atomic E-state index is 11.4. The first-order valence-electron chi connectivity index (χ1n) is 4.46. The van der Waals surface area contributed by atoms with E-state index in [4.69, 9.17) is 5.73 Å². The minimum atomic E-state index is -1.49. The fourth-order valence-electron chi connectivity index (χ4n) is 1.24. The first-order chi connectivity index (χ1) is 6.97. The van der Waals surface area contributed by atoms with Gasteiger partial charge in [-0.15, -0.1) is 0 Å². The van der Waals surface area contributed by atoms with E-state index in [2.05, 4.69) is 10.3 Å². The molecule has 3 N–H and O–H groups in total. The lowest BCUT2D eigenvalue weighted by Crippen LogP contribution is -2.57. The van der Waals surface area contributed by atoms with Crippen molar-refractivity contribution in [3.63, 3.8) is 0 Å². The van der Waals surface area contributed by atoms with Crippen molar-refractivity contribution in [2.75, 3.05) is 0 Å². The zero-order chi connectivity index (χ0) is 11.5. The Labute approximate surface area is 87.7 Å². The normalized spacial score (nSPS) is 14.1. The van der Waals surface area contributed by atoms with Crippen LogP contribution < -0.4 is 11.1 Å². The van der Waals surface area contributed by atoms with E-state index in [9.17, 15) is 9.59 Å². The highest BCUT2D eigenvalue weighted by Gasteiger charge is 2.33. The summed E-state index contributed by atoms with van der Waals surface area (Å²) in [6, 6.07) is 3.30. The number of Topliss-reactive ketones (excluding diaryl/α,β-unsaturated/α-hetero) is 1. The third-order valence-corrected chi connectivity index (χ3v) is 2.05. The summed E-state index contributed by atoms with van der Waals surface area (Å²) in [5.74, 6) is -0.706. The number of carbonyl (C=O) groups is 2. The van der Waals surface area contributed by atoms with E-state index < -0.39 is 5.66 Å². The van der Waals surface area contributed by atoms with Crippen LogP contribution in [0.5, 0.6) is 0 Å². The van der Waals surface area contributed by atoms with Crippen LogP contribution in [0.15, 0.2) is 24.5 Å². The Kier molecular flexibility index (Phi) is 3.16. The van der Waals surface area contributed by atoms with Crippen LogP contribution in [0.4, 0.5) is 0 Å². The van der Waals surface area contributed by atoms with Gasteiger partial charge in [0, 0.05) is 24.9 Å². The molecule has 1 heterocycles. The number of nitrogens with one attached hydrogen (secondary N) is 1. The van der Waals surface area contributed by atoms with Crippen LogP contribution >= 0.6 is 0 Å². The number of ketones is 1. The predicted octanol–water partition coefficient (Wildman–Crippen LogP) is -0.0818. The van der Waals surface area contributed by atoms with Gasteiger partial charge in [-0.05, 0) is 13.0 Å². The number of nitrogens with zero attached hydrogens (tertiary/aromatic N) is 1. The Morgan fingerprint density at radius 2 is 2.13 bits per heavy atom. The quantitative estimate of drug-likeness (QED) is 0.679. The molecule has 0 saturated carbocycles. The van der Waals surface area contributed by atoms with Crippen molar-refractivity contribution in [3.8, 4) is 0 Å². The van der Waals surface area contributed by atoms with E-state index >= 15 is 0 Å². The number of aromatic nitrogens is 1. The Hall–Kier alpha value is -1.75. The summed E-state index contributed by atoms with van der Waals surface area (Å²) < 4.78 is 0. The van der Waals surface area contributed by atoms with Gasteiger partial charge in [0.25, 0.3) is 0 Å². The maximum absolute atomic E-state index is 11.4. The molecule has 5 nitrogen and oxygen atoms in total. The van der Waals surface area contributed by atoms with Crippen molar-refractivity contribution in [2.45, 2.75) is 19.5 Å². The van der Waals surface area contributed by atoms with Crippen molar-refractivity contribution in [1.82, 2.24) is 10.3 Å². The molecular formula is C10H13N3O2. The summed E-state index contributed by atoms with van der Waals surface area (Å²) in [6.07, 6.45) is 3.02. The fraction of sp³-hybridized carbons (Fsp3) is 0.300. The zero-order valence-corrected chi connectivity index (χ0v) is 8.65. The Morgan fingerprint density at radius 1 is 1.47 bits per heavy atom. The average Bonchev–Trinajstić information content (AvgIpc) is 2.17. The van der Waals surface area contributed by atoms with Crippen molar-refractivity contribution in [2.24, 2.45) is 5.73 Å². The molecule has 0 aliphatic heterocycles. The molecule has 1 aromatic rings. The van der Waals surface area contributed by atoms with Gasteiger partial charge in [0.15, 0.2) is 11.4 Å². The smallest absolute Gasteiger partial charge is 0.218 e. The second-order valence-corrected chi connectivity index (χ2v) is 3.29. The van der Waals surface area contributed by atoms with E-state index in [1.807, 2.05) is 0 Å². The van der Waals surface area contributed by atoms with Gasteiger partial charge < -0.3 is 5.32 Å². The van der Waals surface area contributed by atoms with Crippen LogP contribution in [0.1, 0.15) is 19.4 Å². The molecule has 0 spiro atoms. The van der Waals surface area contributed by atoms with Gasteiger partial charge in [0.2, 0.25) is 5.91 Å². The molecule has 15 heavy (non-hydrogen) atoms. The van der Waals surface area contributed by atoms with Gasteiger partial charge in [-0.1, -0.05) is 6.07 Å². The van der Waals surface area contributed by atoms with Crippen LogP contribution in [-0.4, -0.2) is 16.7 Å². The molecule has 5 heteroatoms. The van der Waals surface area contributed by atoms with Gasteiger partial charge in [-0.25, -0.2) is 0 Å². The second kappa shape index (κ2) is 4.18. The molecule has 0 saturated heterocycles. The molecule has 0 bridgehead atoms. The summed E-state index contributed by atoms with van der Waals surface area (Å²) in [7, 11) is 0. The first-order valence-corrected chi connectivity index (χ1v) is 4.46. The molecule has 80 valence electrons. The van der Waals surface area contributed by atoms with Crippen LogP contribution in [0.3, 0.4) is 0 Å². The average molecular weight is 207 g/mol. The standard InChI is InChI=1S/C10H13N3O2/c1-7(14)10(11,13-8(2)15)9-4-3-5-12-6-9/h3-6H,11H2,1-2H3,(H,13,15). The first kappa shape index (κ1) is 11.3. The summed E-state index contributed by atoms with van der Waals surface area (Å²) in [6.45, 7) is 2.63. The van der Waals surface area contributed by atoms with E-state index in [1.165, 1.54) is 20.0 Å². The second-order valence-electron chi connectivity index (χ2n) is 3.29. The highest BCUT2D eigenvalue weighted by Crippen LogP contribution is 2.14. The number of carbonyl (C=O) groups excluding carboxylic acids is 2. The third-order valence-electron chi connectivity index (χ3n) is 2.05. The van der Waals surface area contributed by atoms with E-state index in [0.717, 1.165) is 0 Å². The van der Waals surface area contributed by atoms with E-state index in [1.54, 1.807) is 18.3 Å². The van der Waals surface area contributed by atoms with Gasteiger partial charge in [-0.3, -0.25) is 20.3 Å². The molecule has 0 radical (unpaired) electrons. The summed E-state index contributed by atoms with van der Waals surface area (Å²) in [5.41, 5.74) is 4.82. The Balaban J connectivity index is 3.13. The summed E-state index contributed by atoms with van der Waals surface area (Å²) in [4.78, 5) is 26.3.